The van der Waals surface area contributed by atoms with E-state index in [-0.39, 0.29) is 30.2 Å². The fourth-order valence-electron chi connectivity index (χ4n) is 2.11. The molecular formula is C13H22N2O4. The molecule has 0 aliphatic carbocycles. The SMILES string of the molecule is CC1(C)CCN(C(=O)NC(=O)CCCCC(=O)O)C1. The van der Waals surface area contributed by atoms with E-state index in [2.05, 4.69) is 19.2 Å². The summed E-state index contributed by atoms with van der Waals surface area (Å²) >= 11 is 0. The maximum atomic E-state index is 11.8. The summed E-state index contributed by atoms with van der Waals surface area (Å²) in [4.78, 5) is 35.2. The van der Waals surface area contributed by atoms with Crippen LogP contribution in [-0.4, -0.2) is 41.0 Å². The van der Waals surface area contributed by atoms with Gasteiger partial charge in [-0.25, -0.2) is 4.79 Å². The highest BCUT2D eigenvalue weighted by Crippen LogP contribution is 2.28. The second kappa shape index (κ2) is 6.54. The van der Waals surface area contributed by atoms with Crippen molar-refractivity contribution in [2.75, 3.05) is 13.1 Å². The first kappa shape index (κ1) is 15.5. The van der Waals surface area contributed by atoms with Crippen LogP contribution in [0.3, 0.4) is 0 Å². The van der Waals surface area contributed by atoms with Crippen LogP contribution in [0.2, 0.25) is 0 Å². The van der Waals surface area contributed by atoms with Gasteiger partial charge in [-0.15, -0.1) is 0 Å². The van der Waals surface area contributed by atoms with Gasteiger partial charge in [0.1, 0.15) is 0 Å². The summed E-state index contributed by atoms with van der Waals surface area (Å²) in [6, 6.07) is -0.339. The Morgan fingerprint density at radius 1 is 1.21 bits per heavy atom. The maximum Gasteiger partial charge on any atom is 0.324 e. The van der Waals surface area contributed by atoms with Crippen molar-refractivity contribution in [2.45, 2.75) is 46.0 Å². The molecule has 0 radical (unpaired) electrons. The molecule has 0 aromatic carbocycles. The van der Waals surface area contributed by atoms with E-state index in [4.69, 9.17) is 5.11 Å². The van der Waals surface area contributed by atoms with Crippen molar-refractivity contribution in [2.24, 2.45) is 5.41 Å². The standard InChI is InChI=1S/C13H22N2O4/c1-13(2)7-8-15(9-13)12(19)14-10(16)5-3-4-6-11(17)18/h3-9H2,1-2H3,(H,17,18)(H,14,16,19). The molecule has 0 unspecified atom stereocenters. The molecule has 2 N–H and O–H groups in total. The Labute approximate surface area is 113 Å². The van der Waals surface area contributed by atoms with Crippen molar-refractivity contribution >= 4 is 17.9 Å². The highest BCUT2D eigenvalue weighted by atomic mass is 16.4. The van der Waals surface area contributed by atoms with Crippen molar-refractivity contribution in [1.82, 2.24) is 10.2 Å². The highest BCUT2D eigenvalue weighted by molar-refractivity contribution is 5.94. The lowest BCUT2D eigenvalue weighted by Crippen LogP contribution is -2.42. The van der Waals surface area contributed by atoms with E-state index in [0.717, 1.165) is 6.42 Å². The Bertz CT molecular complexity index is 366. The van der Waals surface area contributed by atoms with Crippen LogP contribution in [0.1, 0.15) is 46.0 Å². The van der Waals surface area contributed by atoms with Crippen molar-refractivity contribution < 1.29 is 19.5 Å². The topological polar surface area (TPSA) is 86.7 Å². The second-order valence-electron chi connectivity index (χ2n) is 5.79. The third kappa shape index (κ3) is 5.72. The lowest BCUT2D eigenvalue weighted by molar-refractivity contribution is -0.137. The van der Waals surface area contributed by atoms with Gasteiger partial charge in [-0.05, 0) is 24.7 Å². The zero-order chi connectivity index (χ0) is 14.5. The second-order valence-corrected chi connectivity index (χ2v) is 5.79. The zero-order valence-corrected chi connectivity index (χ0v) is 11.6. The van der Waals surface area contributed by atoms with E-state index in [0.29, 0.717) is 25.9 Å². The third-order valence-corrected chi connectivity index (χ3v) is 3.26. The molecule has 6 heteroatoms. The van der Waals surface area contributed by atoms with Crippen LogP contribution in [0, 0.1) is 5.41 Å². The van der Waals surface area contributed by atoms with Gasteiger partial charge in [-0.1, -0.05) is 13.8 Å². The fraction of sp³-hybridized carbons (Fsp3) is 0.769. The average molecular weight is 270 g/mol. The van der Waals surface area contributed by atoms with Crippen LogP contribution in [0.4, 0.5) is 4.79 Å². The smallest absolute Gasteiger partial charge is 0.324 e. The molecule has 0 spiro atoms. The van der Waals surface area contributed by atoms with E-state index in [1.807, 2.05) is 0 Å². The third-order valence-electron chi connectivity index (χ3n) is 3.26. The Morgan fingerprint density at radius 2 is 1.84 bits per heavy atom. The summed E-state index contributed by atoms with van der Waals surface area (Å²) < 4.78 is 0. The summed E-state index contributed by atoms with van der Waals surface area (Å²) in [6.07, 6.45) is 2.12. The number of unbranched alkanes of at least 4 members (excludes halogenated alkanes) is 1. The number of aliphatic carboxylic acids is 1. The number of amides is 3. The molecule has 6 nitrogen and oxygen atoms in total. The quantitative estimate of drug-likeness (QED) is 0.743. The van der Waals surface area contributed by atoms with Gasteiger partial charge in [0.15, 0.2) is 0 Å². The molecule has 0 bridgehead atoms. The molecule has 19 heavy (non-hydrogen) atoms. The summed E-state index contributed by atoms with van der Waals surface area (Å²) in [7, 11) is 0. The zero-order valence-electron chi connectivity index (χ0n) is 11.6. The number of hydrogen-bond acceptors (Lipinski definition) is 3. The molecule has 0 atom stereocenters. The van der Waals surface area contributed by atoms with E-state index < -0.39 is 5.97 Å². The number of hydrogen-bond donors (Lipinski definition) is 2. The van der Waals surface area contributed by atoms with Crippen molar-refractivity contribution in [3.8, 4) is 0 Å². The Balaban J connectivity index is 2.21. The number of carboxylic acids is 1. The molecule has 0 aromatic heterocycles. The van der Waals surface area contributed by atoms with Crippen LogP contribution in [0.5, 0.6) is 0 Å². The van der Waals surface area contributed by atoms with Crippen LogP contribution in [0.25, 0.3) is 0 Å². The van der Waals surface area contributed by atoms with Crippen molar-refractivity contribution in [3.63, 3.8) is 0 Å². The van der Waals surface area contributed by atoms with E-state index in [1.165, 1.54) is 0 Å². The largest absolute Gasteiger partial charge is 0.481 e. The minimum absolute atomic E-state index is 0.0571. The Morgan fingerprint density at radius 3 is 2.37 bits per heavy atom. The number of likely N-dealkylation sites (tertiary alicyclic amines) is 1. The minimum atomic E-state index is -0.865. The number of nitrogens with zero attached hydrogens (tertiary/aromatic N) is 1. The van der Waals surface area contributed by atoms with Gasteiger partial charge < -0.3 is 10.0 Å². The van der Waals surface area contributed by atoms with Gasteiger partial charge in [0.25, 0.3) is 0 Å². The molecular weight excluding hydrogens is 248 g/mol. The minimum Gasteiger partial charge on any atom is -0.481 e. The molecule has 3 amide bonds. The summed E-state index contributed by atoms with van der Waals surface area (Å²) in [5.41, 5.74) is 0.113. The molecule has 1 fully saturated rings. The molecule has 1 rings (SSSR count). The van der Waals surface area contributed by atoms with Gasteiger partial charge in [-0.3, -0.25) is 14.9 Å². The first-order chi connectivity index (χ1) is 8.80. The van der Waals surface area contributed by atoms with Crippen LogP contribution >= 0.6 is 0 Å². The summed E-state index contributed by atoms with van der Waals surface area (Å²) in [5, 5.41) is 10.8. The van der Waals surface area contributed by atoms with Gasteiger partial charge in [0, 0.05) is 25.9 Å². The number of carbonyl (C=O) groups excluding carboxylic acids is 2. The first-order valence-electron chi connectivity index (χ1n) is 6.61. The van der Waals surface area contributed by atoms with Gasteiger partial charge >= 0.3 is 12.0 Å². The average Bonchev–Trinajstić information content (AvgIpc) is 2.65. The summed E-state index contributed by atoms with van der Waals surface area (Å²) in [5.74, 6) is -1.20. The van der Waals surface area contributed by atoms with Crippen molar-refractivity contribution in [1.29, 1.82) is 0 Å². The molecule has 1 saturated heterocycles. The van der Waals surface area contributed by atoms with Gasteiger partial charge in [0.05, 0.1) is 0 Å². The molecule has 108 valence electrons. The van der Waals surface area contributed by atoms with Crippen molar-refractivity contribution in [3.05, 3.63) is 0 Å². The predicted octanol–water partition coefficient (Wildman–Crippen LogP) is 1.60. The number of nitrogens with one attached hydrogen (secondary N) is 1. The monoisotopic (exact) mass is 270 g/mol. The van der Waals surface area contributed by atoms with E-state index in [1.54, 1.807) is 4.90 Å². The van der Waals surface area contributed by atoms with E-state index in [9.17, 15) is 14.4 Å². The van der Waals surface area contributed by atoms with Crippen LogP contribution < -0.4 is 5.32 Å². The van der Waals surface area contributed by atoms with Gasteiger partial charge in [0.2, 0.25) is 5.91 Å². The Kier molecular flexibility index (Phi) is 5.32. The molecule has 1 aliphatic heterocycles. The number of carbonyl (C=O) groups is 3. The number of carboxylic acid groups (broad SMARTS) is 1. The predicted molar refractivity (Wildman–Crippen MR) is 69.6 cm³/mol. The highest BCUT2D eigenvalue weighted by Gasteiger charge is 2.32. The lowest BCUT2D eigenvalue weighted by Gasteiger charge is -2.19. The van der Waals surface area contributed by atoms with Gasteiger partial charge in [-0.2, -0.15) is 0 Å². The number of imide groups is 1. The molecule has 1 aliphatic rings. The van der Waals surface area contributed by atoms with Crippen LogP contribution in [0.15, 0.2) is 0 Å². The molecule has 0 aromatic rings. The van der Waals surface area contributed by atoms with E-state index >= 15 is 0 Å². The maximum absolute atomic E-state index is 11.8. The lowest BCUT2D eigenvalue weighted by atomic mass is 9.93. The first-order valence-corrected chi connectivity index (χ1v) is 6.61. The summed E-state index contributed by atoms with van der Waals surface area (Å²) in [6.45, 7) is 5.51. The molecule has 1 heterocycles. The number of rotatable bonds is 5. The number of urea groups is 1. The molecule has 0 saturated carbocycles. The van der Waals surface area contributed by atoms with Crippen LogP contribution in [-0.2, 0) is 9.59 Å². The fourth-order valence-corrected chi connectivity index (χ4v) is 2.11. The Hall–Kier alpha value is -1.59. The normalized spacial score (nSPS) is 17.3.